The van der Waals surface area contributed by atoms with E-state index < -0.39 is 14.8 Å². The highest BCUT2D eigenvalue weighted by Crippen LogP contribution is 2.31. The van der Waals surface area contributed by atoms with Crippen molar-refractivity contribution in [2.24, 2.45) is 0 Å². The van der Waals surface area contributed by atoms with Crippen molar-refractivity contribution >= 4 is 33.2 Å². The van der Waals surface area contributed by atoms with Gasteiger partial charge in [-0.25, -0.2) is 13.4 Å². The van der Waals surface area contributed by atoms with Gasteiger partial charge in [0.15, 0.2) is 9.84 Å². The van der Waals surface area contributed by atoms with Crippen LogP contribution in [0.5, 0.6) is 0 Å². The Morgan fingerprint density at radius 1 is 1.17 bits per heavy atom. The first-order chi connectivity index (χ1) is 17.2. The summed E-state index contributed by atoms with van der Waals surface area (Å²) in [5.41, 5.74) is 1.25. The number of carbonyl (C=O) groups is 1. The average molecular weight is 529 g/mol. The maximum Gasteiger partial charge on any atom is 0.283 e. The van der Waals surface area contributed by atoms with Gasteiger partial charge in [-0.15, -0.1) is 11.8 Å². The Labute approximate surface area is 214 Å². The molecule has 1 amide bonds. The monoisotopic (exact) mass is 528 g/mol. The fourth-order valence-electron chi connectivity index (χ4n) is 4.44. The van der Waals surface area contributed by atoms with Crippen molar-refractivity contribution in [1.29, 1.82) is 0 Å². The van der Waals surface area contributed by atoms with Crippen molar-refractivity contribution in [3.05, 3.63) is 81.9 Å². The molecule has 2 heterocycles. The van der Waals surface area contributed by atoms with Gasteiger partial charge < -0.3 is 9.47 Å². The van der Waals surface area contributed by atoms with Gasteiger partial charge in [-0.05, 0) is 50.3 Å². The highest BCUT2D eigenvalue weighted by molar-refractivity contribution is 7.98. The maximum atomic E-state index is 13.0. The summed E-state index contributed by atoms with van der Waals surface area (Å²) in [7, 11) is -3.42. The number of nitro benzene ring substituents is 1. The van der Waals surface area contributed by atoms with Crippen LogP contribution in [0.2, 0.25) is 0 Å². The predicted molar refractivity (Wildman–Crippen MR) is 138 cm³/mol. The lowest BCUT2D eigenvalue weighted by molar-refractivity contribution is -0.387. The second-order valence-electron chi connectivity index (χ2n) is 8.82. The van der Waals surface area contributed by atoms with Crippen LogP contribution in [-0.2, 0) is 16.4 Å². The number of sulfone groups is 1. The molecule has 1 aromatic heterocycles. The molecule has 0 bridgehead atoms. The zero-order chi connectivity index (χ0) is 25.9. The van der Waals surface area contributed by atoms with Gasteiger partial charge in [-0.1, -0.05) is 17.7 Å². The molecule has 0 spiro atoms. The van der Waals surface area contributed by atoms with Crippen molar-refractivity contribution < 1.29 is 18.1 Å². The molecule has 0 unspecified atom stereocenters. The number of hydrogen-bond acceptors (Lipinski definition) is 7. The van der Waals surface area contributed by atoms with Crippen molar-refractivity contribution in [2.45, 2.75) is 42.0 Å². The molecule has 190 valence electrons. The lowest BCUT2D eigenvalue weighted by Crippen LogP contribution is -2.38. The quantitative estimate of drug-likeness (QED) is 0.243. The van der Waals surface area contributed by atoms with Gasteiger partial charge in [0.2, 0.25) is 0 Å². The molecule has 9 nitrogen and oxygen atoms in total. The molecule has 1 fully saturated rings. The van der Waals surface area contributed by atoms with Crippen LogP contribution in [0.15, 0.2) is 64.6 Å². The second kappa shape index (κ2) is 10.8. The van der Waals surface area contributed by atoms with E-state index in [1.807, 2.05) is 11.5 Å². The van der Waals surface area contributed by atoms with E-state index in [0.717, 1.165) is 11.4 Å². The highest BCUT2D eigenvalue weighted by Gasteiger charge is 2.28. The number of nitro groups is 1. The number of imidazole rings is 1. The number of thioether (sulfide) groups is 1. The van der Waals surface area contributed by atoms with Gasteiger partial charge in [0.25, 0.3) is 11.6 Å². The number of hydrogen-bond donors (Lipinski definition) is 0. The van der Waals surface area contributed by atoms with Crippen LogP contribution in [0.3, 0.4) is 0 Å². The first kappa shape index (κ1) is 25.9. The number of likely N-dealkylation sites (tertiary alicyclic amines) is 1. The fourth-order valence-corrected chi connectivity index (χ4v) is 6.21. The number of amides is 1. The SMILES string of the molecule is CSc1ccc(C(=O)N2CCC(c3nccn3CCS(=O)(=O)c3ccc(C)cc3)CC2)cc1[N+](=O)[O-]. The Balaban J connectivity index is 1.39. The predicted octanol–water partition coefficient (Wildman–Crippen LogP) is 4.32. The van der Waals surface area contributed by atoms with Crippen LogP contribution >= 0.6 is 11.8 Å². The molecule has 2 aromatic carbocycles. The standard InChI is InChI=1S/C25H28N4O5S2/c1-18-3-6-21(7-4-18)36(33,34)16-15-27-14-11-26-24(27)19-9-12-28(13-10-19)25(30)20-5-8-23(35-2)22(17-20)29(31)32/h3-8,11,14,17,19H,9-10,12-13,15-16H2,1-2H3. The van der Waals surface area contributed by atoms with Crippen molar-refractivity contribution in [1.82, 2.24) is 14.5 Å². The van der Waals surface area contributed by atoms with E-state index >= 15 is 0 Å². The van der Waals surface area contributed by atoms with Crippen molar-refractivity contribution in [2.75, 3.05) is 25.1 Å². The maximum absolute atomic E-state index is 13.0. The zero-order valence-electron chi connectivity index (χ0n) is 20.2. The fraction of sp³-hybridized carbons (Fsp3) is 0.360. The smallest absolute Gasteiger partial charge is 0.283 e. The summed E-state index contributed by atoms with van der Waals surface area (Å²) in [5, 5.41) is 11.4. The highest BCUT2D eigenvalue weighted by atomic mass is 32.2. The molecule has 0 atom stereocenters. The molecule has 1 aliphatic heterocycles. The Hall–Kier alpha value is -3.18. The molecular formula is C25H28N4O5S2. The topological polar surface area (TPSA) is 115 Å². The van der Waals surface area contributed by atoms with E-state index in [2.05, 4.69) is 4.98 Å². The largest absolute Gasteiger partial charge is 0.339 e. The normalized spacial score (nSPS) is 14.7. The zero-order valence-corrected chi connectivity index (χ0v) is 21.8. The third-order valence-corrected chi connectivity index (χ3v) is 8.99. The summed E-state index contributed by atoms with van der Waals surface area (Å²) in [4.78, 5) is 30.9. The van der Waals surface area contributed by atoms with E-state index in [4.69, 9.17) is 0 Å². The summed E-state index contributed by atoms with van der Waals surface area (Å²) in [6.07, 6.45) is 6.59. The molecule has 0 N–H and O–H groups in total. The molecule has 0 radical (unpaired) electrons. The Morgan fingerprint density at radius 3 is 2.50 bits per heavy atom. The van der Waals surface area contributed by atoms with Gasteiger partial charge in [0.1, 0.15) is 5.82 Å². The number of aryl methyl sites for hydroxylation is 2. The van der Waals surface area contributed by atoms with E-state index in [9.17, 15) is 23.3 Å². The first-order valence-electron chi connectivity index (χ1n) is 11.6. The molecular weight excluding hydrogens is 500 g/mol. The molecule has 1 saturated heterocycles. The summed E-state index contributed by atoms with van der Waals surface area (Å²) < 4.78 is 27.4. The number of piperidine rings is 1. The van der Waals surface area contributed by atoms with Crippen LogP contribution < -0.4 is 0 Å². The molecule has 0 aliphatic carbocycles. The van der Waals surface area contributed by atoms with Gasteiger partial charge in [-0.3, -0.25) is 14.9 Å². The van der Waals surface area contributed by atoms with Crippen LogP contribution in [0.4, 0.5) is 5.69 Å². The summed E-state index contributed by atoms with van der Waals surface area (Å²) in [6, 6.07) is 11.4. The van der Waals surface area contributed by atoms with E-state index in [1.165, 1.54) is 17.8 Å². The van der Waals surface area contributed by atoms with Crippen molar-refractivity contribution in [3.8, 4) is 0 Å². The first-order valence-corrected chi connectivity index (χ1v) is 14.5. The summed E-state index contributed by atoms with van der Waals surface area (Å²) in [6.45, 7) is 3.21. The number of aromatic nitrogens is 2. The molecule has 36 heavy (non-hydrogen) atoms. The second-order valence-corrected chi connectivity index (χ2v) is 11.8. The van der Waals surface area contributed by atoms with Crippen LogP contribution in [0.25, 0.3) is 0 Å². The summed E-state index contributed by atoms with van der Waals surface area (Å²) >= 11 is 1.27. The number of rotatable bonds is 8. The minimum atomic E-state index is -3.42. The minimum absolute atomic E-state index is 0.0262. The Morgan fingerprint density at radius 2 is 1.86 bits per heavy atom. The Kier molecular flexibility index (Phi) is 7.79. The van der Waals surface area contributed by atoms with Gasteiger partial charge in [-0.2, -0.15) is 0 Å². The van der Waals surface area contributed by atoms with Crippen LogP contribution in [-0.4, -0.2) is 58.8 Å². The molecule has 3 aromatic rings. The van der Waals surface area contributed by atoms with Crippen molar-refractivity contribution in [3.63, 3.8) is 0 Å². The minimum Gasteiger partial charge on any atom is -0.339 e. The molecule has 0 saturated carbocycles. The van der Waals surface area contributed by atoms with Gasteiger partial charge in [0.05, 0.1) is 20.5 Å². The van der Waals surface area contributed by atoms with Gasteiger partial charge in [0, 0.05) is 49.6 Å². The van der Waals surface area contributed by atoms with E-state index in [0.29, 0.717) is 47.8 Å². The third-order valence-electron chi connectivity index (χ3n) is 6.50. The van der Waals surface area contributed by atoms with Gasteiger partial charge >= 0.3 is 0 Å². The average Bonchev–Trinajstić information content (AvgIpc) is 3.36. The lowest BCUT2D eigenvalue weighted by Gasteiger charge is -2.32. The van der Waals surface area contributed by atoms with E-state index in [1.54, 1.807) is 59.9 Å². The lowest BCUT2D eigenvalue weighted by atomic mass is 9.95. The molecule has 1 aliphatic rings. The number of carbonyl (C=O) groups excluding carboxylic acids is 1. The Bertz CT molecular complexity index is 1360. The number of nitrogens with zero attached hydrogens (tertiary/aromatic N) is 4. The van der Waals surface area contributed by atoms with Crippen LogP contribution in [0, 0.1) is 17.0 Å². The molecule has 11 heteroatoms. The third kappa shape index (κ3) is 5.62. The molecule has 4 rings (SSSR count). The summed E-state index contributed by atoms with van der Waals surface area (Å²) in [5.74, 6) is 0.666. The number of benzene rings is 2. The van der Waals surface area contributed by atoms with E-state index in [-0.39, 0.29) is 23.3 Å². The van der Waals surface area contributed by atoms with Crippen LogP contribution in [0.1, 0.15) is 40.5 Å².